The monoisotopic (exact) mass is 252 g/mol. The molecule has 2 aliphatic heterocycles. The fraction of sp³-hybridized carbons (Fsp3) is 0.857. The van der Waals surface area contributed by atoms with Gasteiger partial charge in [-0.3, -0.25) is 14.9 Å². The molecule has 2 heterocycles. The molecule has 0 aromatic carbocycles. The number of imide groups is 1. The average molecular weight is 252 g/mol. The van der Waals surface area contributed by atoms with Gasteiger partial charge in [0.25, 0.3) is 0 Å². The molecule has 18 heavy (non-hydrogen) atoms. The molecule has 102 valence electrons. The molecule has 2 unspecified atom stereocenters. The molecular formula is C14H24N2O2. The molecule has 4 nitrogen and oxygen atoms in total. The molecule has 4 heteroatoms. The number of carbonyl (C=O) groups is 2. The van der Waals surface area contributed by atoms with E-state index in [4.69, 9.17) is 0 Å². The minimum absolute atomic E-state index is 0.0288. The molecule has 2 atom stereocenters. The van der Waals surface area contributed by atoms with Crippen LogP contribution in [0.25, 0.3) is 0 Å². The summed E-state index contributed by atoms with van der Waals surface area (Å²) in [5.41, 5.74) is -0.127. The third kappa shape index (κ3) is 2.18. The number of rotatable bonds is 2. The number of hydrogen-bond acceptors (Lipinski definition) is 3. The van der Waals surface area contributed by atoms with Gasteiger partial charge in [0.1, 0.15) is 0 Å². The van der Waals surface area contributed by atoms with Crippen molar-refractivity contribution in [2.45, 2.75) is 46.6 Å². The number of hydrogen-bond donors (Lipinski definition) is 1. The second-order valence-corrected chi connectivity index (χ2v) is 6.49. The Morgan fingerprint density at radius 2 is 1.94 bits per heavy atom. The van der Waals surface area contributed by atoms with Crippen molar-refractivity contribution in [3.63, 3.8) is 0 Å². The van der Waals surface area contributed by atoms with Gasteiger partial charge in [-0.1, -0.05) is 13.8 Å². The summed E-state index contributed by atoms with van der Waals surface area (Å²) < 4.78 is 0. The summed E-state index contributed by atoms with van der Waals surface area (Å²) in [4.78, 5) is 26.3. The Kier molecular flexibility index (Phi) is 3.49. The van der Waals surface area contributed by atoms with Crippen LogP contribution >= 0.6 is 0 Å². The molecule has 0 radical (unpaired) electrons. The molecule has 0 aromatic rings. The first kappa shape index (κ1) is 13.5. The lowest BCUT2D eigenvalue weighted by Gasteiger charge is -2.42. The van der Waals surface area contributed by atoms with Gasteiger partial charge >= 0.3 is 0 Å². The highest BCUT2D eigenvalue weighted by molar-refractivity contribution is 6.00. The van der Waals surface area contributed by atoms with Gasteiger partial charge in [-0.2, -0.15) is 0 Å². The minimum Gasteiger partial charge on any atom is -0.300 e. The van der Waals surface area contributed by atoms with Crippen molar-refractivity contribution in [1.29, 1.82) is 0 Å². The maximum absolute atomic E-state index is 12.1. The van der Waals surface area contributed by atoms with Crippen LogP contribution in [-0.2, 0) is 9.59 Å². The summed E-state index contributed by atoms with van der Waals surface area (Å²) in [6.07, 6.45) is 1.47. The summed E-state index contributed by atoms with van der Waals surface area (Å²) in [5, 5.41) is 2.51. The smallest absolute Gasteiger partial charge is 0.230 e. The molecule has 2 saturated heterocycles. The zero-order valence-corrected chi connectivity index (χ0v) is 11.8. The first-order chi connectivity index (χ1) is 8.35. The molecular weight excluding hydrogens is 228 g/mol. The molecule has 2 aliphatic rings. The van der Waals surface area contributed by atoms with Crippen molar-refractivity contribution in [2.24, 2.45) is 17.3 Å². The minimum atomic E-state index is -0.127. The number of piperidine rings is 1. The first-order valence-electron chi connectivity index (χ1n) is 6.93. The molecule has 1 spiro atoms. The van der Waals surface area contributed by atoms with E-state index in [1.54, 1.807) is 0 Å². The Hall–Kier alpha value is -0.900. The molecule has 2 rings (SSSR count). The van der Waals surface area contributed by atoms with Gasteiger partial charge in [-0.25, -0.2) is 0 Å². The van der Waals surface area contributed by atoms with Crippen LogP contribution in [-0.4, -0.2) is 35.8 Å². The third-order valence-electron chi connectivity index (χ3n) is 4.53. The number of likely N-dealkylation sites (tertiary alicyclic amines) is 1. The molecule has 0 saturated carbocycles. The van der Waals surface area contributed by atoms with E-state index in [-0.39, 0.29) is 29.1 Å². The van der Waals surface area contributed by atoms with E-state index in [0.29, 0.717) is 12.5 Å². The van der Waals surface area contributed by atoms with Crippen LogP contribution < -0.4 is 5.32 Å². The van der Waals surface area contributed by atoms with Gasteiger partial charge in [-0.15, -0.1) is 0 Å². The van der Waals surface area contributed by atoms with Crippen molar-refractivity contribution in [1.82, 2.24) is 10.2 Å². The van der Waals surface area contributed by atoms with Gasteiger partial charge < -0.3 is 4.90 Å². The van der Waals surface area contributed by atoms with Crippen molar-refractivity contribution in [3.8, 4) is 0 Å². The van der Waals surface area contributed by atoms with E-state index in [9.17, 15) is 9.59 Å². The highest BCUT2D eigenvalue weighted by Crippen LogP contribution is 2.46. The molecule has 0 aliphatic carbocycles. The predicted molar refractivity (Wildman–Crippen MR) is 69.9 cm³/mol. The van der Waals surface area contributed by atoms with Crippen molar-refractivity contribution in [3.05, 3.63) is 0 Å². The highest BCUT2D eigenvalue weighted by atomic mass is 16.2. The number of nitrogens with one attached hydrogen (secondary N) is 1. The predicted octanol–water partition coefficient (Wildman–Crippen LogP) is 1.41. The first-order valence-corrected chi connectivity index (χ1v) is 6.93. The van der Waals surface area contributed by atoms with Crippen molar-refractivity contribution >= 4 is 11.8 Å². The van der Waals surface area contributed by atoms with Gasteiger partial charge in [0.05, 0.1) is 0 Å². The van der Waals surface area contributed by atoms with Crippen LogP contribution in [0.15, 0.2) is 0 Å². The number of amides is 2. The molecule has 1 N–H and O–H groups in total. The third-order valence-corrected chi connectivity index (χ3v) is 4.53. The zero-order valence-electron chi connectivity index (χ0n) is 11.8. The van der Waals surface area contributed by atoms with Crippen LogP contribution in [0.2, 0.25) is 0 Å². The molecule has 2 fully saturated rings. The Morgan fingerprint density at radius 1 is 1.28 bits per heavy atom. The Bertz CT molecular complexity index is 365. The maximum atomic E-state index is 12.1. The summed E-state index contributed by atoms with van der Waals surface area (Å²) >= 11 is 0. The Balaban J connectivity index is 2.27. The van der Waals surface area contributed by atoms with Crippen molar-refractivity contribution in [2.75, 3.05) is 13.1 Å². The lowest BCUT2D eigenvalue weighted by molar-refractivity contribution is -0.145. The van der Waals surface area contributed by atoms with Gasteiger partial charge in [-0.05, 0) is 32.7 Å². The molecule has 0 aromatic heterocycles. The standard InChI is InChI=1S/C14H24N2O2/c1-9(2)12-13(18)15-11(17)7-14(12)5-6-16(8-14)10(3)4/h9-10,12H,5-8H2,1-4H3,(H,15,17,18). The number of carbonyl (C=O) groups excluding carboxylic acids is 2. The average Bonchev–Trinajstić information content (AvgIpc) is 2.60. The summed E-state index contributed by atoms with van der Waals surface area (Å²) in [7, 11) is 0. The quantitative estimate of drug-likeness (QED) is 0.756. The summed E-state index contributed by atoms with van der Waals surface area (Å²) in [6.45, 7) is 10.4. The normalized spacial score (nSPS) is 33.8. The topological polar surface area (TPSA) is 49.4 Å². The van der Waals surface area contributed by atoms with Gasteiger partial charge in [0.15, 0.2) is 0 Å². The second-order valence-electron chi connectivity index (χ2n) is 6.49. The van der Waals surface area contributed by atoms with E-state index in [2.05, 4.69) is 37.9 Å². The Morgan fingerprint density at radius 3 is 2.44 bits per heavy atom. The van der Waals surface area contributed by atoms with E-state index in [1.165, 1.54) is 0 Å². The van der Waals surface area contributed by atoms with Crippen LogP contribution in [0.1, 0.15) is 40.5 Å². The molecule has 2 amide bonds. The number of nitrogens with zero attached hydrogens (tertiary/aromatic N) is 1. The zero-order chi connectivity index (χ0) is 13.5. The van der Waals surface area contributed by atoms with Gasteiger partial charge in [0.2, 0.25) is 11.8 Å². The van der Waals surface area contributed by atoms with E-state index in [1.807, 2.05) is 0 Å². The van der Waals surface area contributed by atoms with E-state index < -0.39 is 0 Å². The maximum Gasteiger partial charge on any atom is 0.230 e. The largest absolute Gasteiger partial charge is 0.300 e. The van der Waals surface area contributed by atoms with Crippen molar-refractivity contribution < 1.29 is 9.59 Å². The van der Waals surface area contributed by atoms with E-state index >= 15 is 0 Å². The second kappa shape index (κ2) is 4.65. The summed E-state index contributed by atoms with van der Waals surface area (Å²) in [6, 6.07) is 0.484. The van der Waals surface area contributed by atoms with E-state index in [0.717, 1.165) is 19.5 Å². The van der Waals surface area contributed by atoms with Crippen LogP contribution in [0.5, 0.6) is 0 Å². The van der Waals surface area contributed by atoms with Crippen LogP contribution in [0.4, 0.5) is 0 Å². The lowest BCUT2D eigenvalue weighted by Crippen LogP contribution is -2.55. The van der Waals surface area contributed by atoms with Crippen LogP contribution in [0.3, 0.4) is 0 Å². The fourth-order valence-electron chi connectivity index (χ4n) is 3.74. The van der Waals surface area contributed by atoms with Gasteiger partial charge in [0, 0.05) is 30.3 Å². The Labute approximate surface area is 109 Å². The van der Waals surface area contributed by atoms with Crippen LogP contribution in [0, 0.1) is 17.3 Å². The fourth-order valence-corrected chi connectivity index (χ4v) is 3.74. The highest BCUT2D eigenvalue weighted by Gasteiger charge is 2.53. The summed E-state index contributed by atoms with van der Waals surface area (Å²) in [5.74, 6) is 0.0959. The lowest BCUT2D eigenvalue weighted by atomic mass is 9.65. The molecule has 0 bridgehead atoms. The SMILES string of the molecule is CC(C)C1C(=O)NC(=O)CC12CCN(C(C)C)C2.